The summed E-state index contributed by atoms with van der Waals surface area (Å²) in [6, 6.07) is 13.6. The minimum Gasteiger partial charge on any atom is -0.494 e. The lowest BCUT2D eigenvalue weighted by molar-refractivity contribution is -0.144. The number of anilines is 1. The minimum atomic E-state index is -1.50. The molecular weight excluding hydrogens is 474 g/mol. The van der Waals surface area contributed by atoms with E-state index in [9.17, 15) is 19.8 Å². The molecule has 1 fully saturated rings. The Labute approximate surface area is 209 Å². The summed E-state index contributed by atoms with van der Waals surface area (Å²) in [5.41, 5.74) is 8.54. The largest absolute Gasteiger partial charge is 0.494 e. The third-order valence-electron chi connectivity index (χ3n) is 5.72. The van der Waals surface area contributed by atoms with Crippen LogP contribution in [0.3, 0.4) is 0 Å². The Kier molecular flexibility index (Phi) is 9.55. The molecule has 0 heterocycles. The predicted octanol–water partition coefficient (Wildman–Crippen LogP) is 3.29. The second kappa shape index (κ2) is 12.6. The number of hydrogen-bond acceptors (Lipinski definition) is 7. The van der Waals surface area contributed by atoms with E-state index in [1.807, 2.05) is 12.1 Å². The molecule has 6 N–H and O–H groups in total. The van der Waals surface area contributed by atoms with Crippen molar-refractivity contribution in [3.05, 3.63) is 59.1 Å². The quantitative estimate of drug-likeness (QED) is 0.131. The molecule has 190 valence electrons. The maximum absolute atomic E-state index is 12.9. The van der Waals surface area contributed by atoms with Crippen molar-refractivity contribution < 1.29 is 24.5 Å². The Morgan fingerprint density at radius 1 is 1.14 bits per heavy atom. The van der Waals surface area contributed by atoms with Gasteiger partial charge in [-0.1, -0.05) is 37.1 Å². The van der Waals surface area contributed by atoms with Gasteiger partial charge in [0.05, 0.1) is 17.7 Å². The highest BCUT2D eigenvalue weighted by molar-refractivity contribution is 6.30. The van der Waals surface area contributed by atoms with Crippen LogP contribution >= 0.6 is 11.6 Å². The van der Waals surface area contributed by atoms with E-state index in [-0.39, 0.29) is 13.1 Å². The van der Waals surface area contributed by atoms with Gasteiger partial charge in [0.25, 0.3) is 0 Å². The first-order valence-electron chi connectivity index (χ1n) is 11.5. The Morgan fingerprint density at radius 2 is 1.83 bits per heavy atom. The summed E-state index contributed by atoms with van der Waals surface area (Å²) in [7, 11) is 0. The highest BCUT2D eigenvalue weighted by Gasteiger charge is 2.52. The van der Waals surface area contributed by atoms with Gasteiger partial charge in [0.2, 0.25) is 6.35 Å². The van der Waals surface area contributed by atoms with Crippen molar-refractivity contribution >= 4 is 29.3 Å². The average molecular weight is 506 g/mol. The van der Waals surface area contributed by atoms with Gasteiger partial charge in [-0.15, -0.1) is 0 Å². The van der Waals surface area contributed by atoms with Gasteiger partial charge in [0.15, 0.2) is 0 Å². The van der Waals surface area contributed by atoms with Gasteiger partial charge in [-0.2, -0.15) is 11.0 Å². The number of rotatable bonds is 14. The van der Waals surface area contributed by atoms with Crippen LogP contribution in [0.15, 0.2) is 48.5 Å². The number of nitrogens with zero attached hydrogens (tertiary/aromatic N) is 1. The number of hydrazine groups is 2. The van der Waals surface area contributed by atoms with Crippen LogP contribution in [0.4, 0.5) is 10.5 Å². The lowest BCUT2D eigenvalue weighted by Crippen LogP contribution is -2.58. The number of nitrogens with one attached hydrogen (secondary N) is 4. The molecule has 0 radical (unpaired) electrons. The summed E-state index contributed by atoms with van der Waals surface area (Å²) < 4.78 is 5.62. The molecular formula is C24H32ClN5O5. The van der Waals surface area contributed by atoms with E-state index in [4.69, 9.17) is 16.3 Å². The predicted molar refractivity (Wildman–Crippen MR) is 132 cm³/mol. The number of carbonyl (C=O) groups is 2. The van der Waals surface area contributed by atoms with Crippen LogP contribution in [0.5, 0.6) is 5.75 Å². The second-order valence-corrected chi connectivity index (χ2v) is 8.93. The fourth-order valence-corrected chi connectivity index (χ4v) is 3.41. The lowest BCUT2D eigenvalue weighted by atomic mass is 10.1. The number of amides is 2. The molecule has 1 atom stereocenters. The van der Waals surface area contributed by atoms with E-state index in [2.05, 4.69) is 28.6 Å². The van der Waals surface area contributed by atoms with Crippen LogP contribution in [-0.2, 0) is 11.3 Å². The Morgan fingerprint density at radius 3 is 2.43 bits per heavy atom. The van der Waals surface area contributed by atoms with E-state index in [0.717, 1.165) is 29.1 Å². The summed E-state index contributed by atoms with van der Waals surface area (Å²) in [5.74, 6) is -0.239. The van der Waals surface area contributed by atoms with Crippen LogP contribution in [0.25, 0.3) is 0 Å². The molecule has 1 saturated carbocycles. The summed E-state index contributed by atoms with van der Waals surface area (Å²) >= 11 is 5.89. The highest BCUT2D eigenvalue weighted by Crippen LogP contribution is 2.46. The lowest BCUT2D eigenvalue weighted by Gasteiger charge is -2.31. The number of benzene rings is 2. The van der Waals surface area contributed by atoms with Gasteiger partial charge in [0.1, 0.15) is 5.75 Å². The number of unbranched alkanes of at least 4 members (excludes halogenated alkanes) is 1. The maximum atomic E-state index is 12.9. The van der Waals surface area contributed by atoms with Gasteiger partial charge >= 0.3 is 12.0 Å². The van der Waals surface area contributed by atoms with Crippen molar-refractivity contribution in [3.8, 4) is 5.75 Å². The van der Waals surface area contributed by atoms with Crippen LogP contribution < -0.4 is 26.4 Å². The molecule has 0 aliphatic heterocycles. The van der Waals surface area contributed by atoms with Gasteiger partial charge in [-0.05, 0) is 61.2 Å². The molecule has 2 aromatic rings. The van der Waals surface area contributed by atoms with Gasteiger partial charge in [0, 0.05) is 18.1 Å². The molecule has 0 bridgehead atoms. The molecule has 35 heavy (non-hydrogen) atoms. The number of aliphatic carboxylic acids is 1. The third kappa shape index (κ3) is 8.00. The van der Waals surface area contributed by atoms with Gasteiger partial charge < -0.3 is 25.7 Å². The summed E-state index contributed by atoms with van der Waals surface area (Å²) in [6.45, 7) is 2.80. The highest BCUT2D eigenvalue weighted by atomic mass is 35.5. The standard InChI is InChI=1S/C24H32ClN5O5/c1-2-3-14-35-20-10-8-19(9-11-20)27-29-28-23(34)30(16-24(12-13-24)21(31)32)22(33)26-15-17-4-6-18(25)7-5-17/h4-11,23,27-29,34H,2-3,12-16H2,1H3,(H,26,33)(H,31,32). The van der Waals surface area contributed by atoms with Crippen molar-refractivity contribution in [3.63, 3.8) is 0 Å². The fourth-order valence-electron chi connectivity index (χ4n) is 3.29. The zero-order valence-corrected chi connectivity index (χ0v) is 20.3. The molecule has 1 unspecified atom stereocenters. The molecule has 1 aliphatic carbocycles. The zero-order valence-electron chi connectivity index (χ0n) is 19.6. The van der Waals surface area contributed by atoms with E-state index in [0.29, 0.717) is 30.2 Å². The molecule has 2 amide bonds. The van der Waals surface area contributed by atoms with Crippen LogP contribution in [-0.4, -0.2) is 46.6 Å². The van der Waals surface area contributed by atoms with E-state index in [1.165, 1.54) is 0 Å². The number of urea groups is 1. The zero-order chi connectivity index (χ0) is 25.3. The molecule has 2 aromatic carbocycles. The number of aliphatic hydroxyl groups excluding tert-OH is 1. The maximum Gasteiger partial charge on any atom is 0.320 e. The topological polar surface area (TPSA) is 135 Å². The summed E-state index contributed by atoms with van der Waals surface area (Å²) in [6.07, 6.45) is 1.42. The number of hydrogen-bond donors (Lipinski definition) is 6. The first-order valence-corrected chi connectivity index (χ1v) is 11.9. The number of carboxylic acids is 1. The minimum absolute atomic E-state index is 0.144. The van der Waals surface area contributed by atoms with Crippen molar-refractivity contribution in [2.45, 2.75) is 45.5 Å². The Bertz CT molecular complexity index is 969. The fraction of sp³-hybridized carbons (Fsp3) is 0.417. The molecule has 0 spiro atoms. The number of carboxylic acid groups (broad SMARTS) is 1. The summed E-state index contributed by atoms with van der Waals surface area (Å²) in [5, 5.41) is 23.5. The number of ether oxygens (including phenoxy) is 1. The first kappa shape index (κ1) is 26.6. The molecule has 11 heteroatoms. The molecule has 3 rings (SSSR count). The second-order valence-electron chi connectivity index (χ2n) is 8.49. The smallest absolute Gasteiger partial charge is 0.320 e. The number of aliphatic hydroxyl groups is 1. The monoisotopic (exact) mass is 505 g/mol. The van der Waals surface area contributed by atoms with Crippen molar-refractivity contribution in [1.29, 1.82) is 0 Å². The van der Waals surface area contributed by atoms with E-state index < -0.39 is 23.8 Å². The molecule has 0 saturated heterocycles. The molecule has 0 aromatic heterocycles. The Hall–Kier alpha value is -3.05. The van der Waals surface area contributed by atoms with Gasteiger partial charge in [-0.3, -0.25) is 9.69 Å². The van der Waals surface area contributed by atoms with Crippen LogP contribution in [0.1, 0.15) is 38.2 Å². The van der Waals surface area contributed by atoms with E-state index in [1.54, 1.807) is 36.4 Å². The number of halogens is 1. The molecule has 10 nitrogen and oxygen atoms in total. The normalized spacial score (nSPS) is 14.6. The average Bonchev–Trinajstić information content (AvgIpc) is 3.64. The van der Waals surface area contributed by atoms with E-state index >= 15 is 0 Å². The van der Waals surface area contributed by atoms with Crippen LogP contribution in [0, 0.1) is 5.41 Å². The third-order valence-corrected chi connectivity index (χ3v) is 5.97. The number of carbonyl (C=O) groups excluding carboxylic acids is 1. The van der Waals surface area contributed by atoms with Crippen molar-refractivity contribution in [2.24, 2.45) is 5.41 Å². The summed E-state index contributed by atoms with van der Waals surface area (Å²) in [4.78, 5) is 25.6. The first-order chi connectivity index (χ1) is 16.8. The van der Waals surface area contributed by atoms with Crippen LogP contribution in [0.2, 0.25) is 5.02 Å². The molecule has 1 aliphatic rings. The van der Waals surface area contributed by atoms with Crippen molar-refractivity contribution in [1.82, 2.24) is 21.2 Å². The Balaban J connectivity index is 1.54. The van der Waals surface area contributed by atoms with Crippen molar-refractivity contribution in [2.75, 3.05) is 18.6 Å². The SMILES string of the molecule is CCCCOc1ccc(NNNC(O)N(CC2(C(=O)O)CC2)C(=O)NCc2ccc(Cl)cc2)cc1. The van der Waals surface area contributed by atoms with Gasteiger partial charge in [-0.25, -0.2) is 4.79 Å².